The van der Waals surface area contributed by atoms with E-state index >= 15 is 0 Å². The zero-order valence-electron chi connectivity index (χ0n) is 15.1. The number of allylic oxidation sites excluding steroid dienone is 4. The number of anilines is 1. The maximum Gasteiger partial charge on any atom is 0.191 e. The Morgan fingerprint density at radius 1 is 1.36 bits per heavy atom. The molecule has 0 spiro atoms. The predicted octanol–water partition coefficient (Wildman–Crippen LogP) is 4.41. The number of thiocarbonyl (C=S) groups is 1. The van der Waals surface area contributed by atoms with E-state index in [0.717, 1.165) is 22.6 Å². The van der Waals surface area contributed by atoms with E-state index in [1.165, 1.54) is 0 Å². The Hall–Kier alpha value is -2.60. The molecule has 0 radical (unpaired) electrons. The molecule has 0 bridgehead atoms. The van der Waals surface area contributed by atoms with Gasteiger partial charge in [-0.3, -0.25) is 5.43 Å². The van der Waals surface area contributed by atoms with Gasteiger partial charge < -0.3 is 14.8 Å². The van der Waals surface area contributed by atoms with E-state index in [1.807, 2.05) is 57.2 Å². The zero-order chi connectivity index (χ0) is 18.7. The smallest absolute Gasteiger partial charge is 0.191 e. The van der Waals surface area contributed by atoms with Crippen molar-refractivity contribution in [1.82, 2.24) is 5.43 Å². The van der Waals surface area contributed by atoms with Crippen molar-refractivity contribution in [2.45, 2.75) is 20.8 Å². The van der Waals surface area contributed by atoms with Crippen LogP contribution < -0.4 is 15.5 Å². The maximum atomic E-state index is 5.55. The van der Waals surface area contributed by atoms with Gasteiger partial charge in [-0.25, -0.2) is 0 Å². The summed E-state index contributed by atoms with van der Waals surface area (Å²) in [5, 5.41) is 7.58. The first-order valence-electron chi connectivity index (χ1n) is 7.91. The second kappa shape index (κ2) is 11.0. The van der Waals surface area contributed by atoms with E-state index < -0.39 is 0 Å². The monoisotopic (exact) mass is 359 g/mol. The molecule has 0 aliphatic carbocycles. The number of methoxy groups -OCH3 is 1. The first-order valence-corrected chi connectivity index (χ1v) is 8.32. The van der Waals surface area contributed by atoms with Crippen LogP contribution in [0.1, 0.15) is 20.8 Å². The van der Waals surface area contributed by atoms with E-state index in [9.17, 15) is 0 Å². The Morgan fingerprint density at radius 3 is 2.68 bits per heavy atom. The molecule has 25 heavy (non-hydrogen) atoms. The van der Waals surface area contributed by atoms with Crippen LogP contribution in [0.15, 0.2) is 65.0 Å². The third kappa shape index (κ3) is 7.22. The molecule has 1 rings (SSSR count). The molecule has 0 saturated carbocycles. The van der Waals surface area contributed by atoms with Crippen molar-refractivity contribution in [1.29, 1.82) is 0 Å². The zero-order valence-corrected chi connectivity index (χ0v) is 15.9. The lowest BCUT2D eigenvalue weighted by Crippen LogP contribution is -2.24. The van der Waals surface area contributed by atoms with Crippen LogP contribution in [0.3, 0.4) is 0 Å². The van der Waals surface area contributed by atoms with Gasteiger partial charge >= 0.3 is 0 Å². The Morgan fingerprint density at radius 2 is 2.08 bits per heavy atom. The first-order chi connectivity index (χ1) is 12.0. The molecule has 0 atom stereocenters. The summed E-state index contributed by atoms with van der Waals surface area (Å²) in [7, 11) is 1.61. The SMILES string of the molecule is C=C(C)C=C(OC)C(C=NNC(=S)Nc1ccccc1OCC)=CC. The van der Waals surface area contributed by atoms with E-state index in [2.05, 4.69) is 22.4 Å². The van der Waals surface area contributed by atoms with Crippen LogP contribution in [0.4, 0.5) is 5.69 Å². The van der Waals surface area contributed by atoms with Gasteiger partial charge in [-0.15, -0.1) is 0 Å². The normalized spacial score (nSPS) is 12.0. The highest BCUT2D eigenvalue weighted by Gasteiger charge is 2.04. The number of hydrazone groups is 1. The summed E-state index contributed by atoms with van der Waals surface area (Å²) < 4.78 is 10.9. The minimum atomic E-state index is 0.363. The van der Waals surface area contributed by atoms with Gasteiger partial charge in [-0.2, -0.15) is 5.10 Å². The molecule has 1 aromatic carbocycles. The highest BCUT2D eigenvalue weighted by Crippen LogP contribution is 2.23. The van der Waals surface area contributed by atoms with Gasteiger partial charge in [0.1, 0.15) is 11.5 Å². The van der Waals surface area contributed by atoms with Crippen molar-refractivity contribution in [2.24, 2.45) is 5.10 Å². The van der Waals surface area contributed by atoms with Crippen molar-refractivity contribution >= 4 is 29.2 Å². The molecule has 1 aromatic rings. The van der Waals surface area contributed by atoms with Crippen LogP contribution in [-0.2, 0) is 4.74 Å². The maximum absolute atomic E-state index is 5.55. The number of ether oxygens (including phenoxy) is 2. The van der Waals surface area contributed by atoms with E-state index in [4.69, 9.17) is 21.7 Å². The van der Waals surface area contributed by atoms with Gasteiger partial charge in [-0.1, -0.05) is 30.4 Å². The molecule has 0 unspecified atom stereocenters. The van der Waals surface area contributed by atoms with Crippen molar-refractivity contribution in [3.63, 3.8) is 0 Å². The third-order valence-electron chi connectivity index (χ3n) is 3.00. The predicted molar refractivity (Wildman–Crippen MR) is 109 cm³/mol. The summed E-state index contributed by atoms with van der Waals surface area (Å²) in [6.07, 6.45) is 5.38. The highest BCUT2D eigenvalue weighted by molar-refractivity contribution is 7.80. The largest absolute Gasteiger partial charge is 0.496 e. The van der Waals surface area contributed by atoms with Crippen LogP contribution in [0.2, 0.25) is 0 Å². The van der Waals surface area contributed by atoms with E-state index in [-0.39, 0.29) is 0 Å². The minimum absolute atomic E-state index is 0.363. The molecular formula is C19H25N3O2S. The number of nitrogens with one attached hydrogen (secondary N) is 2. The lowest BCUT2D eigenvalue weighted by molar-refractivity contribution is 0.304. The highest BCUT2D eigenvalue weighted by atomic mass is 32.1. The third-order valence-corrected chi connectivity index (χ3v) is 3.19. The van der Waals surface area contributed by atoms with Gasteiger partial charge in [-0.05, 0) is 51.2 Å². The number of hydrogen-bond acceptors (Lipinski definition) is 4. The summed E-state index contributed by atoms with van der Waals surface area (Å²) in [6, 6.07) is 7.58. The van der Waals surface area contributed by atoms with Crippen LogP contribution in [-0.4, -0.2) is 25.0 Å². The molecule has 0 fully saturated rings. The Bertz CT molecular complexity index is 694. The Kier molecular flexibility index (Phi) is 9.03. The number of para-hydroxylation sites is 2. The summed E-state index contributed by atoms with van der Waals surface area (Å²) in [4.78, 5) is 0. The number of benzene rings is 1. The fourth-order valence-electron chi connectivity index (χ4n) is 1.93. The topological polar surface area (TPSA) is 54.9 Å². The molecule has 6 heteroatoms. The Labute approximate surface area is 155 Å². The van der Waals surface area contributed by atoms with Gasteiger partial charge in [0.05, 0.1) is 25.6 Å². The summed E-state index contributed by atoms with van der Waals surface area (Å²) in [5.74, 6) is 1.42. The number of rotatable bonds is 8. The van der Waals surface area contributed by atoms with Crippen molar-refractivity contribution in [3.05, 3.63) is 59.9 Å². The quantitative estimate of drug-likeness (QED) is 0.237. The summed E-state index contributed by atoms with van der Waals surface area (Å²) >= 11 is 5.26. The fourth-order valence-corrected chi connectivity index (χ4v) is 2.09. The number of hydrogen-bond donors (Lipinski definition) is 2. The lowest BCUT2D eigenvalue weighted by Gasteiger charge is -2.12. The van der Waals surface area contributed by atoms with Crippen LogP contribution >= 0.6 is 12.2 Å². The molecule has 134 valence electrons. The lowest BCUT2D eigenvalue weighted by atomic mass is 10.2. The molecule has 5 nitrogen and oxygen atoms in total. The molecule has 0 heterocycles. The van der Waals surface area contributed by atoms with Gasteiger partial charge in [0.25, 0.3) is 0 Å². The standard InChI is InChI=1S/C19H25N3O2S/c1-6-15(18(23-5)12-14(3)4)13-20-22-19(25)21-16-10-8-9-11-17(16)24-7-2/h6,8-13H,3,7H2,1-2,4-5H3,(H2,21,22,25). The fraction of sp³-hybridized carbons (Fsp3) is 0.263. The molecule has 2 N–H and O–H groups in total. The van der Waals surface area contributed by atoms with Gasteiger partial charge in [0, 0.05) is 5.57 Å². The molecule has 0 aliphatic heterocycles. The second-order valence-electron chi connectivity index (χ2n) is 5.06. The van der Waals surface area contributed by atoms with Crippen LogP contribution in [0, 0.1) is 0 Å². The molecule has 0 saturated heterocycles. The molecule has 0 aliphatic rings. The Balaban J connectivity index is 2.72. The number of nitrogens with zero attached hydrogens (tertiary/aromatic N) is 1. The van der Waals surface area contributed by atoms with E-state index in [1.54, 1.807) is 13.3 Å². The van der Waals surface area contributed by atoms with Gasteiger partial charge in [0.2, 0.25) is 0 Å². The minimum Gasteiger partial charge on any atom is -0.496 e. The van der Waals surface area contributed by atoms with Crippen LogP contribution in [0.25, 0.3) is 0 Å². The second-order valence-corrected chi connectivity index (χ2v) is 5.46. The van der Waals surface area contributed by atoms with Crippen molar-refractivity contribution in [3.8, 4) is 5.75 Å². The van der Waals surface area contributed by atoms with Crippen molar-refractivity contribution in [2.75, 3.05) is 19.0 Å². The van der Waals surface area contributed by atoms with E-state index in [0.29, 0.717) is 17.5 Å². The molecular weight excluding hydrogens is 334 g/mol. The average molecular weight is 359 g/mol. The van der Waals surface area contributed by atoms with Crippen LogP contribution in [0.5, 0.6) is 5.75 Å². The van der Waals surface area contributed by atoms with Crippen molar-refractivity contribution < 1.29 is 9.47 Å². The molecule has 0 amide bonds. The van der Waals surface area contributed by atoms with Gasteiger partial charge in [0.15, 0.2) is 5.11 Å². The molecule has 0 aromatic heterocycles. The summed E-state index contributed by atoms with van der Waals surface area (Å²) in [5.41, 5.74) is 5.27. The first kappa shape index (κ1) is 20.4. The average Bonchev–Trinajstić information content (AvgIpc) is 2.58. The summed E-state index contributed by atoms with van der Waals surface area (Å²) in [6.45, 7) is 10.2.